The topological polar surface area (TPSA) is 24.4 Å². The van der Waals surface area contributed by atoms with Crippen LogP contribution in [0.4, 0.5) is 0 Å². The normalized spacial score (nSPS) is 24.1. The van der Waals surface area contributed by atoms with E-state index in [0.717, 1.165) is 11.7 Å². The summed E-state index contributed by atoms with van der Waals surface area (Å²) in [5, 5.41) is 5.36. The third kappa shape index (κ3) is 3.59. The summed E-state index contributed by atoms with van der Waals surface area (Å²) >= 11 is 3.76. The van der Waals surface area contributed by atoms with Gasteiger partial charge in [0.1, 0.15) is 0 Å². The summed E-state index contributed by atoms with van der Waals surface area (Å²) in [5.74, 6) is 1.17. The molecule has 0 bridgehead atoms. The van der Waals surface area contributed by atoms with Gasteiger partial charge in [0.2, 0.25) is 0 Å². The van der Waals surface area contributed by atoms with Crippen LogP contribution in [-0.4, -0.2) is 34.5 Å². The van der Waals surface area contributed by atoms with E-state index in [1.807, 2.05) is 23.5 Å². The molecule has 1 rings (SSSR count). The van der Waals surface area contributed by atoms with Gasteiger partial charge in [0, 0.05) is 16.5 Å². The summed E-state index contributed by atoms with van der Waals surface area (Å²) in [7, 11) is 0. The van der Waals surface area contributed by atoms with E-state index in [1.54, 1.807) is 0 Å². The van der Waals surface area contributed by atoms with Gasteiger partial charge in [-0.05, 0) is 19.1 Å². The smallest absolute Gasteiger partial charge is 0.157 e. The Labute approximate surface area is 102 Å². The Morgan fingerprint density at radius 2 is 2.20 bits per heavy atom. The zero-order valence-electron chi connectivity index (χ0n) is 10.2. The number of nitrogens with zero attached hydrogens (tertiary/aromatic N) is 1. The highest BCUT2D eigenvalue weighted by Crippen LogP contribution is 2.28. The van der Waals surface area contributed by atoms with Gasteiger partial charge in [-0.25, -0.2) is 0 Å². The van der Waals surface area contributed by atoms with Crippen LogP contribution in [-0.2, 0) is 0 Å². The second kappa shape index (κ2) is 6.04. The van der Waals surface area contributed by atoms with E-state index >= 15 is 0 Å². The van der Waals surface area contributed by atoms with Gasteiger partial charge in [0.25, 0.3) is 0 Å². The van der Waals surface area contributed by atoms with Crippen molar-refractivity contribution in [1.82, 2.24) is 5.32 Å². The van der Waals surface area contributed by atoms with Crippen LogP contribution in [0.2, 0.25) is 0 Å². The molecule has 1 aliphatic heterocycles. The molecule has 1 unspecified atom stereocenters. The first kappa shape index (κ1) is 13.2. The standard InChI is InChI=1S/C11H22N2S2/c1-5-11(6-2)8-15-10(13-11)12-7-9(3)14-4/h9H,5-8H2,1-4H3,(H,12,13). The van der Waals surface area contributed by atoms with E-state index in [-0.39, 0.29) is 0 Å². The van der Waals surface area contributed by atoms with Crippen LogP contribution in [0, 0.1) is 0 Å². The molecule has 0 aromatic rings. The Bertz CT molecular complexity index is 225. The van der Waals surface area contributed by atoms with Gasteiger partial charge in [0.15, 0.2) is 5.17 Å². The Morgan fingerprint density at radius 3 is 2.67 bits per heavy atom. The number of aliphatic imine (C=N–C) groups is 1. The van der Waals surface area contributed by atoms with Gasteiger partial charge in [-0.3, -0.25) is 4.99 Å². The molecule has 2 nitrogen and oxygen atoms in total. The Hall–Kier alpha value is 0.170. The molecule has 0 saturated carbocycles. The maximum Gasteiger partial charge on any atom is 0.157 e. The molecule has 1 heterocycles. The Kier molecular flexibility index (Phi) is 5.33. The molecule has 1 aliphatic rings. The second-order valence-corrected chi connectivity index (χ2v) is 6.33. The summed E-state index contributed by atoms with van der Waals surface area (Å²) in [5.41, 5.74) is 0.312. The van der Waals surface area contributed by atoms with Crippen LogP contribution in [0.3, 0.4) is 0 Å². The van der Waals surface area contributed by atoms with Gasteiger partial charge in [-0.2, -0.15) is 11.8 Å². The van der Waals surface area contributed by atoms with Crippen LogP contribution < -0.4 is 5.32 Å². The van der Waals surface area contributed by atoms with Crippen molar-refractivity contribution in [2.45, 2.75) is 44.4 Å². The van der Waals surface area contributed by atoms with Gasteiger partial charge >= 0.3 is 0 Å². The Balaban J connectivity index is 2.48. The van der Waals surface area contributed by atoms with E-state index in [9.17, 15) is 0 Å². The summed E-state index contributed by atoms with van der Waals surface area (Å²) in [6, 6.07) is 0. The van der Waals surface area contributed by atoms with Gasteiger partial charge in [0.05, 0.1) is 6.54 Å². The number of amidine groups is 1. The highest BCUT2D eigenvalue weighted by atomic mass is 32.2. The molecule has 0 amide bonds. The van der Waals surface area contributed by atoms with E-state index in [4.69, 9.17) is 0 Å². The van der Waals surface area contributed by atoms with Crippen LogP contribution in [0.1, 0.15) is 33.6 Å². The lowest BCUT2D eigenvalue weighted by Crippen LogP contribution is -2.42. The van der Waals surface area contributed by atoms with Crippen molar-refractivity contribution in [3.05, 3.63) is 0 Å². The summed E-state index contributed by atoms with van der Waals surface area (Å²) in [6.07, 6.45) is 4.52. The minimum Gasteiger partial charge on any atom is -0.359 e. The van der Waals surface area contributed by atoms with Gasteiger partial charge in [-0.15, -0.1) is 0 Å². The van der Waals surface area contributed by atoms with Crippen LogP contribution in [0.15, 0.2) is 4.99 Å². The minimum absolute atomic E-state index is 0.312. The molecular weight excluding hydrogens is 224 g/mol. The maximum absolute atomic E-state index is 4.63. The van der Waals surface area contributed by atoms with Crippen molar-refractivity contribution in [3.8, 4) is 0 Å². The quantitative estimate of drug-likeness (QED) is 0.807. The summed E-state index contributed by atoms with van der Waals surface area (Å²) < 4.78 is 0. The average Bonchev–Trinajstić information content (AvgIpc) is 2.70. The van der Waals surface area contributed by atoms with Crippen molar-refractivity contribution in [2.75, 3.05) is 18.6 Å². The third-order valence-electron chi connectivity index (χ3n) is 3.11. The number of hydrogen-bond acceptors (Lipinski definition) is 3. The maximum atomic E-state index is 4.63. The van der Waals surface area contributed by atoms with E-state index in [2.05, 4.69) is 37.3 Å². The van der Waals surface area contributed by atoms with Crippen LogP contribution in [0.25, 0.3) is 0 Å². The second-order valence-electron chi connectivity index (χ2n) is 4.09. The first-order valence-electron chi connectivity index (χ1n) is 5.64. The van der Waals surface area contributed by atoms with Gasteiger partial charge < -0.3 is 5.32 Å². The van der Waals surface area contributed by atoms with Crippen LogP contribution in [0.5, 0.6) is 0 Å². The SMILES string of the molecule is CCC1(CC)CSC(=NCC(C)SC)N1. The molecule has 0 aromatic heterocycles. The fourth-order valence-electron chi connectivity index (χ4n) is 1.51. The molecule has 0 radical (unpaired) electrons. The highest BCUT2D eigenvalue weighted by molar-refractivity contribution is 8.14. The van der Waals surface area contributed by atoms with E-state index in [0.29, 0.717) is 10.8 Å². The van der Waals surface area contributed by atoms with E-state index in [1.165, 1.54) is 18.6 Å². The molecule has 0 aromatic carbocycles. The predicted octanol–water partition coefficient (Wildman–Crippen LogP) is 2.99. The monoisotopic (exact) mass is 246 g/mol. The largest absolute Gasteiger partial charge is 0.359 e. The van der Waals surface area contributed by atoms with Crippen molar-refractivity contribution in [1.29, 1.82) is 0 Å². The number of thioether (sulfide) groups is 2. The molecule has 1 N–H and O–H groups in total. The lowest BCUT2D eigenvalue weighted by atomic mass is 9.96. The minimum atomic E-state index is 0.312. The van der Waals surface area contributed by atoms with E-state index < -0.39 is 0 Å². The summed E-state index contributed by atoms with van der Waals surface area (Å²) in [4.78, 5) is 4.63. The molecule has 1 fully saturated rings. The zero-order chi connectivity index (χ0) is 11.3. The van der Waals surface area contributed by atoms with Crippen molar-refractivity contribution < 1.29 is 0 Å². The molecule has 15 heavy (non-hydrogen) atoms. The molecule has 4 heteroatoms. The fourth-order valence-corrected chi connectivity index (χ4v) is 3.08. The predicted molar refractivity (Wildman–Crippen MR) is 74.2 cm³/mol. The van der Waals surface area contributed by atoms with Crippen molar-refractivity contribution in [2.24, 2.45) is 4.99 Å². The first-order chi connectivity index (χ1) is 7.15. The van der Waals surface area contributed by atoms with Crippen molar-refractivity contribution in [3.63, 3.8) is 0 Å². The molecule has 0 aliphatic carbocycles. The van der Waals surface area contributed by atoms with Crippen LogP contribution >= 0.6 is 23.5 Å². The fraction of sp³-hybridized carbons (Fsp3) is 0.909. The molecule has 1 atom stereocenters. The number of nitrogens with one attached hydrogen (secondary N) is 1. The van der Waals surface area contributed by atoms with Crippen molar-refractivity contribution >= 4 is 28.7 Å². The molecular formula is C11H22N2S2. The first-order valence-corrected chi connectivity index (χ1v) is 7.91. The third-order valence-corrected chi connectivity index (χ3v) is 5.26. The Morgan fingerprint density at radius 1 is 1.53 bits per heavy atom. The zero-order valence-corrected chi connectivity index (χ0v) is 11.8. The number of rotatable bonds is 5. The molecule has 1 saturated heterocycles. The highest BCUT2D eigenvalue weighted by Gasteiger charge is 2.33. The average molecular weight is 246 g/mol. The summed E-state index contributed by atoms with van der Waals surface area (Å²) in [6.45, 7) is 7.66. The number of hydrogen-bond donors (Lipinski definition) is 1. The lowest BCUT2D eigenvalue weighted by Gasteiger charge is -2.25. The molecule has 88 valence electrons. The molecule has 0 spiro atoms. The lowest BCUT2D eigenvalue weighted by molar-refractivity contribution is 0.407. The van der Waals surface area contributed by atoms with Gasteiger partial charge in [-0.1, -0.05) is 32.5 Å².